The lowest BCUT2D eigenvalue weighted by atomic mass is 10.2. The van der Waals surface area contributed by atoms with Gasteiger partial charge in [-0.3, -0.25) is 4.90 Å². The van der Waals surface area contributed by atoms with E-state index >= 15 is 0 Å². The van der Waals surface area contributed by atoms with E-state index in [1.165, 1.54) is 17.7 Å². The van der Waals surface area contributed by atoms with Crippen molar-refractivity contribution >= 4 is 5.69 Å². The van der Waals surface area contributed by atoms with Gasteiger partial charge in [-0.1, -0.05) is 18.2 Å². The van der Waals surface area contributed by atoms with Crippen molar-refractivity contribution in [1.29, 1.82) is 0 Å². The molecule has 0 saturated heterocycles. The van der Waals surface area contributed by atoms with Crippen molar-refractivity contribution in [3.63, 3.8) is 0 Å². The minimum Gasteiger partial charge on any atom is -0.492 e. The van der Waals surface area contributed by atoms with Gasteiger partial charge >= 0.3 is 0 Å². The zero-order valence-electron chi connectivity index (χ0n) is 11.9. The maximum Gasteiger partial charge on any atom is 0.123 e. The molecule has 0 radical (unpaired) electrons. The molecule has 2 aromatic rings. The van der Waals surface area contributed by atoms with Gasteiger partial charge in [0.25, 0.3) is 0 Å². The fourth-order valence-electron chi connectivity index (χ4n) is 2.50. The number of hydrogen-bond donors (Lipinski definition) is 1. The van der Waals surface area contributed by atoms with Crippen LogP contribution in [0.5, 0.6) is 5.75 Å². The van der Waals surface area contributed by atoms with E-state index in [1.807, 2.05) is 18.2 Å². The summed E-state index contributed by atoms with van der Waals surface area (Å²) in [5, 5.41) is 3.31. The van der Waals surface area contributed by atoms with Crippen molar-refractivity contribution in [3.8, 4) is 5.75 Å². The summed E-state index contributed by atoms with van der Waals surface area (Å²) < 4.78 is 18.6. The fourth-order valence-corrected chi connectivity index (χ4v) is 2.50. The molecule has 1 N–H and O–H groups in total. The maximum atomic E-state index is 12.8. The topological polar surface area (TPSA) is 24.5 Å². The van der Waals surface area contributed by atoms with Crippen LogP contribution in [0.15, 0.2) is 48.5 Å². The van der Waals surface area contributed by atoms with Gasteiger partial charge in [0.1, 0.15) is 18.2 Å². The van der Waals surface area contributed by atoms with Crippen molar-refractivity contribution in [2.45, 2.75) is 6.54 Å². The zero-order chi connectivity index (χ0) is 14.5. The van der Waals surface area contributed by atoms with Crippen LogP contribution >= 0.6 is 0 Å². The summed E-state index contributed by atoms with van der Waals surface area (Å²) in [6, 6.07) is 14.6. The third-order valence-corrected chi connectivity index (χ3v) is 3.63. The standard InChI is InChI=1S/C17H19FN2O/c18-15-5-7-16(8-6-15)19-9-10-20-11-12-21-17-4-2-1-3-14(17)13-20/h1-8,19H,9-13H2. The van der Waals surface area contributed by atoms with E-state index in [0.29, 0.717) is 6.61 Å². The number of halogens is 1. The molecular weight excluding hydrogens is 267 g/mol. The summed E-state index contributed by atoms with van der Waals surface area (Å²) in [4.78, 5) is 2.36. The van der Waals surface area contributed by atoms with Crippen molar-refractivity contribution in [2.75, 3.05) is 31.6 Å². The van der Waals surface area contributed by atoms with Crippen LogP contribution < -0.4 is 10.1 Å². The molecule has 3 rings (SSSR count). The third kappa shape index (κ3) is 3.73. The highest BCUT2D eigenvalue weighted by Gasteiger charge is 2.14. The Morgan fingerprint density at radius 2 is 1.90 bits per heavy atom. The number of anilines is 1. The van der Waals surface area contributed by atoms with Gasteiger partial charge in [0.15, 0.2) is 0 Å². The SMILES string of the molecule is Fc1ccc(NCCN2CCOc3ccccc3C2)cc1. The Hall–Kier alpha value is -2.07. The first-order valence-corrected chi connectivity index (χ1v) is 7.24. The molecule has 1 heterocycles. The van der Waals surface area contributed by atoms with Gasteiger partial charge in [-0.25, -0.2) is 4.39 Å². The lowest BCUT2D eigenvalue weighted by Gasteiger charge is -2.19. The molecule has 0 bridgehead atoms. The highest BCUT2D eigenvalue weighted by atomic mass is 19.1. The minimum absolute atomic E-state index is 0.207. The van der Waals surface area contributed by atoms with E-state index in [-0.39, 0.29) is 5.82 Å². The summed E-state index contributed by atoms with van der Waals surface area (Å²) in [7, 11) is 0. The van der Waals surface area contributed by atoms with Crippen molar-refractivity contribution in [2.24, 2.45) is 0 Å². The van der Waals surface area contributed by atoms with Crippen LogP contribution in [0, 0.1) is 5.82 Å². The average molecular weight is 286 g/mol. The summed E-state index contributed by atoms with van der Waals surface area (Å²) in [5.41, 5.74) is 2.18. The second-order valence-electron chi connectivity index (χ2n) is 5.17. The number of para-hydroxylation sites is 1. The average Bonchev–Trinajstić information content (AvgIpc) is 2.71. The molecule has 0 aromatic heterocycles. The first-order chi connectivity index (χ1) is 10.3. The Morgan fingerprint density at radius 1 is 1.10 bits per heavy atom. The number of nitrogens with zero attached hydrogens (tertiary/aromatic N) is 1. The first kappa shape index (κ1) is 13.9. The monoisotopic (exact) mass is 286 g/mol. The number of nitrogens with one attached hydrogen (secondary N) is 1. The maximum absolute atomic E-state index is 12.8. The summed E-state index contributed by atoms with van der Waals surface area (Å²) in [5.74, 6) is 0.785. The van der Waals surface area contributed by atoms with E-state index < -0.39 is 0 Å². The molecule has 1 aliphatic rings. The predicted molar refractivity (Wildman–Crippen MR) is 82.1 cm³/mol. The molecule has 21 heavy (non-hydrogen) atoms. The summed E-state index contributed by atoms with van der Waals surface area (Å²) >= 11 is 0. The van der Waals surface area contributed by atoms with Crippen LogP contribution in [0.2, 0.25) is 0 Å². The van der Waals surface area contributed by atoms with Crippen molar-refractivity contribution in [1.82, 2.24) is 4.90 Å². The van der Waals surface area contributed by atoms with Crippen LogP contribution in [-0.2, 0) is 6.54 Å². The zero-order valence-corrected chi connectivity index (χ0v) is 11.9. The molecule has 0 spiro atoms. The minimum atomic E-state index is -0.207. The smallest absolute Gasteiger partial charge is 0.123 e. The highest BCUT2D eigenvalue weighted by molar-refractivity contribution is 5.42. The molecular formula is C17H19FN2O. The van der Waals surface area contributed by atoms with E-state index in [0.717, 1.165) is 37.6 Å². The van der Waals surface area contributed by atoms with Crippen LogP contribution in [0.3, 0.4) is 0 Å². The van der Waals surface area contributed by atoms with Gasteiger partial charge in [0, 0.05) is 37.4 Å². The van der Waals surface area contributed by atoms with Crippen molar-refractivity contribution < 1.29 is 9.13 Å². The Bertz CT molecular complexity index is 586. The van der Waals surface area contributed by atoms with Crippen LogP contribution in [0.25, 0.3) is 0 Å². The Labute approximate surface area is 124 Å². The molecule has 0 unspecified atom stereocenters. The predicted octanol–water partition coefficient (Wildman–Crippen LogP) is 3.13. The van der Waals surface area contributed by atoms with E-state index in [2.05, 4.69) is 16.3 Å². The molecule has 4 heteroatoms. The number of ether oxygens (including phenoxy) is 1. The normalized spacial score (nSPS) is 14.9. The van der Waals surface area contributed by atoms with Crippen LogP contribution in [0.1, 0.15) is 5.56 Å². The molecule has 0 aliphatic carbocycles. The van der Waals surface area contributed by atoms with Gasteiger partial charge in [-0.15, -0.1) is 0 Å². The van der Waals surface area contributed by atoms with Gasteiger partial charge < -0.3 is 10.1 Å². The molecule has 0 amide bonds. The Morgan fingerprint density at radius 3 is 2.76 bits per heavy atom. The van der Waals surface area contributed by atoms with Gasteiger partial charge in [0.05, 0.1) is 0 Å². The molecule has 0 atom stereocenters. The Kier molecular flexibility index (Phi) is 4.36. The van der Waals surface area contributed by atoms with E-state index in [4.69, 9.17) is 4.74 Å². The number of fused-ring (bicyclic) bond motifs is 1. The van der Waals surface area contributed by atoms with Gasteiger partial charge in [0.2, 0.25) is 0 Å². The van der Waals surface area contributed by atoms with E-state index in [9.17, 15) is 4.39 Å². The van der Waals surface area contributed by atoms with E-state index in [1.54, 1.807) is 12.1 Å². The van der Waals surface area contributed by atoms with Crippen LogP contribution in [-0.4, -0.2) is 31.1 Å². The molecule has 0 saturated carbocycles. The molecule has 3 nitrogen and oxygen atoms in total. The van der Waals surface area contributed by atoms with Gasteiger partial charge in [-0.05, 0) is 30.3 Å². The molecule has 1 aliphatic heterocycles. The molecule has 2 aromatic carbocycles. The molecule has 110 valence electrons. The lowest BCUT2D eigenvalue weighted by Crippen LogP contribution is -2.30. The summed E-state index contributed by atoms with van der Waals surface area (Å²) in [6.07, 6.45) is 0. The Balaban J connectivity index is 1.53. The summed E-state index contributed by atoms with van der Waals surface area (Å²) in [6.45, 7) is 4.29. The number of benzene rings is 2. The number of rotatable bonds is 4. The van der Waals surface area contributed by atoms with Crippen LogP contribution in [0.4, 0.5) is 10.1 Å². The third-order valence-electron chi connectivity index (χ3n) is 3.63. The quantitative estimate of drug-likeness (QED) is 0.934. The largest absolute Gasteiger partial charge is 0.492 e. The van der Waals surface area contributed by atoms with Gasteiger partial charge in [-0.2, -0.15) is 0 Å². The fraction of sp³-hybridized carbons (Fsp3) is 0.294. The second kappa shape index (κ2) is 6.59. The molecule has 0 fully saturated rings. The van der Waals surface area contributed by atoms with Crippen molar-refractivity contribution in [3.05, 3.63) is 59.9 Å². The second-order valence-corrected chi connectivity index (χ2v) is 5.17. The number of hydrogen-bond acceptors (Lipinski definition) is 3. The first-order valence-electron chi connectivity index (χ1n) is 7.24. The lowest BCUT2D eigenvalue weighted by molar-refractivity contribution is 0.232. The highest BCUT2D eigenvalue weighted by Crippen LogP contribution is 2.22.